The molecule has 1 amide bonds. The summed E-state index contributed by atoms with van der Waals surface area (Å²) in [5.74, 6) is 0.828. The van der Waals surface area contributed by atoms with E-state index in [0.717, 1.165) is 5.41 Å². The van der Waals surface area contributed by atoms with Gasteiger partial charge in [0, 0.05) is 34.5 Å². The van der Waals surface area contributed by atoms with Gasteiger partial charge in [0.1, 0.15) is 23.0 Å². The number of hydrogen-bond acceptors (Lipinski definition) is 9. The fraction of sp³-hybridized carbons (Fsp3) is 0.192. The molecule has 0 radical (unpaired) electrons. The molecule has 0 saturated heterocycles. The fourth-order valence-electron chi connectivity index (χ4n) is 3.59. The van der Waals surface area contributed by atoms with Crippen LogP contribution in [0.1, 0.15) is 21.5 Å². The average molecular weight is 528 g/mol. The smallest absolute Gasteiger partial charge is 0.255 e. The molecule has 0 unspecified atom stereocenters. The van der Waals surface area contributed by atoms with E-state index >= 15 is 0 Å². The molecule has 196 valence electrons. The summed E-state index contributed by atoms with van der Waals surface area (Å²) < 4.78 is 47.2. The third kappa shape index (κ3) is 6.85. The summed E-state index contributed by atoms with van der Waals surface area (Å²) in [7, 11) is 2.14. The van der Waals surface area contributed by atoms with Crippen LogP contribution in [0.5, 0.6) is 23.0 Å². The Kier molecular flexibility index (Phi) is 8.51. The van der Waals surface area contributed by atoms with Gasteiger partial charge in [-0.2, -0.15) is 0 Å². The van der Waals surface area contributed by atoms with Gasteiger partial charge in [-0.1, -0.05) is 6.07 Å². The van der Waals surface area contributed by atoms with Crippen molar-refractivity contribution >= 4 is 38.9 Å². The first kappa shape index (κ1) is 27.2. The van der Waals surface area contributed by atoms with Gasteiger partial charge in [-0.25, -0.2) is 8.42 Å². The Bertz CT molecular complexity index is 1390. The molecule has 0 atom stereocenters. The Morgan fingerprint density at radius 2 is 1.43 bits per heavy atom. The van der Waals surface area contributed by atoms with Crippen LogP contribution in [-0.2, 0) is 15.6 Å². The van der Waals surface area contributed by atoms with Crippen molar-refractivity contribution in [2.24, 2.45) is 0 Å². The molecule has 0 heterocycles. The second-order valence-corrected chi connectivity index (χ2v) is 9.82. The van der Waals surface area contributed by atoms with Gasteiger partial charge in [-0.3, -0.25) is 4.79 Å². The molecule has 0 bridgehead atoms. The van der Waals surface area contributed by atoms with E-state index in [1.807, 2.05) is 0 Å². The van der Waals surface area contributed by atoms with Crippen LogP contribution in [0.3, 0.4) is 0 Å². The number of rotatable bonds is 10. The Labute approximate surface area is 215 Å². The maximum Gasteiger partial charge on any atom is 0.255 e. The number of benzene rings is 3. The van der Waals surface area contributed by atoms with Crippen molar-refractivity contribution in [1.82, 2.24) is 0 Å². The van der Waals surface area contributed by atoms with Gasteiger partial charge in [0.2, 0.25) is 0 Å². The van der Waals surface area contributed by atoms with E-state index in [4.69, 9.17) is 30.4 Å². The van der Waals surface area contributed by atoms with Crippen molar-refractivity contribution in [1.29, 1.82) is 0 Å². The molecule has 3 aromatic carbocycles. The lowest BCUT2D eigenvalue weighted by Gasteiger charge is -2.13. The SMILES string of the molecule is COc1cc(OC)c(C=CS(=O)(=O)Cc2ccc(OC)c(NC(=O)c3cc(N)cc(N)c3)c2)c(OC)c1. The summed E-state index contributed by atoms with van der Waals surface area (Å²) in [5, 5.41) is 3.81. The van der Waals surface area contributed by atoms with Crippen molar-refractivity contribution in [2.75, 3.05) is 45.2 Å². The molecule has 0 aliphatic heterocycles. The number of ether oxygens (including phenoxy) is 4. The van der Waals surface area contributed by atoms with Gasteiger partial charge in [-0.05, 0) is 42.0 Å². The molecule has 0 aliphatic carbocycles. The zero-order valence-electron chi connectivity index (χ0n) is 20.9. The Morgan fingerprint density at radius 1 is 0.838 bits per heavy atom. The maximum atomic E-state index is 12.9. The number of hydrogen-bond donors (Lipinski definition) is 3. The van der Waals surface area contributed by atoms with Crippen molar-refractivity contribution in [2.45, 2.75) is 5.75 Å². The van der Waals surface area contributed by atoms with E-state index in [0.29, 0.717) is 51.2 Å². The molecule has 10 nitrogen and oxygen atoms in total. The third-order valence-electron chi connectivity index (χ3n) is 5.31. The second-order valence-electron chi connectivity index (χ2n) is 7.93. The number of carbonyl (C=O) groups is 1. The van der Waals surface area contributed by atoms with Crippen LogP contribution in [0.15, 0.2) is 53.9 Å². The molecule has 3 rings (SSSR count). The number of nitrogen functional groups attached to an aromatic ring is 2. The van der Waals surface area contributed by atoms with E-state index in [1.54, 1.807) is 24.3 Å². The molecule has 0 fully saturated rings. The number of amides is 1. The number of carbonyl (C=O) groups excluding carboxylic acids is 1. The van der Waals surface area contributed by atoms with E-state index in [9.17, 15) is 13.2 Å². The van der Waals surface area contributed by atoms with Gasteiger partial charge in [0.25, 0.3) is 5.91 Å². The maximum absolute atomic E-state index is 12.9. The number of anilines is 3. The first-order valence-corrected chi connectivity index (χ1v) is 12.7. The zero-order valence-corrected chi connectivity index (χ0v) is 21.7. The van der Waals surface area contributed by atoms with Crippen LogP contribution in [0.2, 0.25) is 0 Å². The van der Waals surface area contributed by atoms with Crippen molar-refractivity contribution in [3.8, 4) is 23.0 Å². The van der Waals surface area contributed by atoms with Crippen LogP contribution >= 0.6 is 0 Å². The lowest BCUT2D eigenvalue weighted by molar-refractivity contribution is 0.102. The summed E-state index contributed by atoms with van der Waals surface area (Å²) >= 11 is 0. The van der Waals surface area contributed by atoms with Gasteiger partial charge < -0.3 is 35.7 Å². The minimum Gasteiger partial charge on any atom is -0.496 e. The highest BCUT2D eigenvalue weighted by atomic mass is 32.2. The molecule has 3 aromatic rings. The highest BCUT2D eigenvalue weighted by molar-refractivity contribution is 7.93. The largest absolute Gasteiger partial charge is 0.496 e. The number of sulfone groups is 1. The summed E-state index contributed by atoms with van der Waals surface area (Å²) in [5.41, 5.74) is 13.7. The number of nitrogens with two attached hydrogens (primary N) is 2. The third-order valence-corrected chi connectivity index (χ3v) is 6.60. The van der Waals surface area contributed by atoms with Crippen LogP contribution in [-0.4, -0.2) is 42.8 Å². The minimum atomic E-state index is -3.74. The van der Waals surface area contributed by atoms with E-state index in [2.05, 4.69) is 5.32 Å². The quantitative estimate of drug-likeness (QED) is 0.335. The predicted octanol–water partition coefficient (Wildman–Crippen LogP) is 3.72. The van der Waals surface area contributed by atoms with Gasteiger partial charge in [-0.15, -0.1) is 0 Å². The Balaban J connectivity index is 1.87. The molecule has 37 heavy (non-hydrogen) atoms. The van der Waals surface area contributed by atoms with Crippen LogP contribution in [0.25, 0.3) is 6.08 Å². The molecule has 0 aliphatic rings. The van der Waals surface area contributed by atoms with Crippen molar-refractivity contribution < 1.29 is 32.2 Å². The summed E-state index contributed by atoms with van der Waals surface area (Å²) in [6.07, 6.45) is 1.41. The molecule has 0 spiro atoms. The average Bonchev–Trinajstić information content (AvgIpc) is 2.86. The molecule has 11 heteroatoms. The van der Waals surface area contributed by atoms with Crippen LogP contribution in [0.4, 0.5) is 17.1 Å². The second kappa shape index (κ2) is 11.6. The predicted molar refractivity (Wildman–Crippen MR) is 144 cm³/mol. The molecular formula is C26H29N3O7S. The first-order valence-electron chi connectivity index (χ1n) is 10.9. The van der Waals surface area contributed by atoms with E-state index in [-0.39, 0.29) is 11.3 Å². The highest BCUT2D eigenvalue weighted by Crippen LogP contribution is 2.35. The number of nitrogens with one attached hydrogen (secondary N) is 1. The van der Waals surface area contributed by atoms with Crippen LogP contribution < -0.4 is 35.7 Å². The topological polar surface area (TPSA) is 152 Å². The molecular weight excluding hydrogens is 498 g/mol. The molecule has 5 N–H and O–H groups in total. The van der Waals surface area contributed by atoms with Gasteiger partial charge >= 0.3 is 0 Å². The monoisotopic (exact) mass is 527 g/mol. The number of methoxy groups -OCH3 is 4. The summed E-state index contributed by atoms with van der Waals surface area (Å²) in [4.78, 5) is 12.8. The van der Waals surface area contributed by atoms with E-state index < -0.39 is 15.7 Å². The van der Waals surface area contributed by atoms with E-state index in [1.165, 1.54) is 58.8 Å². The Morgan fingerprint density at radius 3 is 1.97 bits per heavy atom. The van der Waals surface area contributed by atoms with Gasteiger partial charge in [0.15, 0.2) is 9.84 Å². The van der Waals surface area contributed by atoms with Crippen molar-refractivity contribution in [3.05, 3.63) is 70.6 Å². The fourth-order valence-corrected chi connectivity index (χ4v) is 4.68. The summed E-state index contributed by atoms with van der Waals surface area (Å²) in [6, 6.07) is 12.5. The van der Waals surface area contributed by atoms with Gasteiger partial charge in [0.05, 0.1) is 45.4 Å². The van der Waals surface area contributed by atoms with Crippen molar-refractivity contribution in [3.63, 3.8) is 0 Å². The lowest BCUT2D eigenvalue weighted by Crippen LogP contribution is -2.14. The minimum absolute atomic E-state index is 0.253. The highest BCUT2D eigenvalue weighted by Gasteiger charge is 2.16. The summed E-state index contributed by atoms with van der Waals surface area (Å²) in [6.45, 7) is 0. The van der Waals surface area contributed by atoms with Crippen LogP contribution in [0, 0.1) is 0 Å². The zero-order chi connectivity index (χ0) is 27.2. The molecule has 0 aromatic heterocycles. The lowest BCUT2D eigenvalue weighted by atomic mass is 10.1. The Hall–Kier alpha value is -4.38. The first-order chi connectivity index (χ1) is 17.6. The normalized spacial score (nSPS) is 11.2. The standard InChI is InChI=1S/C26H29N3O7S/c1-33-20-13-24(35-3)21(25(14-20)36-4)7-8-37(31,32)15-16-5-6-23(34-2)22(9-16)29-26(30)17-10-18(27)12-19(28)11-17/h5-14H,15,27-28H2,1-4H3,(H,29,30). The molecule has 0 saturated carbocycles.